The maximum atomic E-state index is 12.6. The summed E-state index contributed by atoms with van der Waals surface area (Å²) in [5.74, 6) is -0.975. The average Bonchev–Trinajstić information content (AvgIpc) is 2.54. The van der Waals surface area contributed by atoms with E-state index in [1.165, 1.54) is 7.11 Å². The van der Waals surface area contributed by atoms with Gasteiger partial charge in [-0.1, -0.05) is 0 Å². The van der Waals surface area contributed by atoms with E-state index >= 15 is 0 Å². The Morgan fingerprint density at radius 3 is 2.35 bits per heavy atom. The summed E-state index contributed by atoms with van der Waals surface area (Å²) < 4.78 is 47.9. The summed E-state index contributed by atoms with van der Waals surface area (Å²) in [4.78, 5) is 13.3. The molecule has 1 aliphatic rings. The average molecular weight is 331 g/mol. The Kier molecular flexibility index (Phi) is 5.87. The van der Waals surface area contributed by atoms with Crippen molar-refractivity contribution in [3.05, 3.63) is 29.8 Å². The third-order valence-electron chi connectivity index (χ3n) is 4.00. The number of halogens is 3. The minimum atomic E-state index is -4.08. The first-order valence-electron chi connectivity index (χ1n) is 7.50. The number of likely N-dealkylation sites (tertiary alicyclic amines) is 1. The van der Waals surface area contributed by atoms with Crippen molar-refractivity contribution >= 4 is 5.97 Å². The Labute approximate surface area is 133 Å². The molecule has 2 rings (SSSR count). The van der Waals surface area contributed by atoms with Gasteiger partial charge in [-0.25, -0.2) is 4.79 Å². The SMILES string of the molecule is COC(=O)c1ccc(OCCN2CCC(C(F)(F)F)CC2)cc1. The molecule has 1 heterocycles. The molecule has 1 fully saturated rings. The molecule has 0 bridgehead atoms. The molecule has 0 saturated carbocycles. The summed E-state index contributed by atoms with van der Waals surface area (Å²) in [5, 5.41) is 0. The second-order valence-electron chi connectivity index (χ2n) is 5.52. The number of hydrogen-bond acceptors (Lipinski definition) is 4. The highest BCUT2D eigenvalue weighted by Gasteiger charge is 2.40. The molecule has 0 atom stereocenters. The standard InChI is InChI=1S/C16H20F3NO3/c1-22-15(21)12-2-4-14(5-3-12)23-11-10-20-8-6-13(7-9-20)16(17,18)19/h2-5,13H,6-11H2,1H3. The van der Waals surface area contributed by atoms with Gasteiger partial charge in [-0.05, 0) is 50.2 Å². The van der Waals surface area contributed by atoms with E-state index in [1.54, 1.807) is 24.3 Å². The topological polar surface area (TPSA) is 38.8 Å². The van der Waals surface area contributed by atoms with Crippen molar-refractivity contribution in [1.29, 1.82) is 0 Å². The second kappa shape index (κ2) is 7.68. The van der Waals surface area contributed by atoms with Crippen molar-refractivity contribution in [2.45, 2.75) is 19.0 Å². The van der Waals surface area contributed by atoms with Gasteiger partial charge in [0.15, 0.2) is 0 Å². The van der Waals surface area contributed by atoms with Gasteiger partial charge in [-0.2, -0.15) is 13.2 Å². The van der Waals surface area contributed by atoms with Crippen LogP contribution in [-0.2, 0) is 4.74 Å². The van der Waals surface area contributed by atoms with Crippen molar-refractivity contribution < 1.29 is 27.4 Å². The highest BCUT2D eigenvalue weighted by molar-refractivity contribution is 5.89. The molecule has 1 aliphatic heterocycles. The van der Waals surface area contributed by atoms with E-state index in [0.29, 0.717) is 37.6 Å². The van der Waals surface area contributed by atoms with E-state index in [1.807, 2.05) is 4.90 Å². The van der Waals surface area contributed by atoms with Gasteiger partial charge in [0.1, 0.15) is 12.4 Å². The molecular weight excluding hydrogens is 311 g/mol. The minimum absolute atomic E-state index is 0.150. The molecule has 0 N–H and O–H groups in total. The van der Waals surface area contributed by atoms with Crippen LogP contribution < -0.4 is 4.74 Å². The predicted molar refractivity (Wildman–Crippen MR) is 78.5 cm³/mol. The molecule has 0 aliphatic carbocycles. The van der Waals surface area contributed by atoms with Crippen LogP contribution in [0.15, 0.2) is 24.3 Å². The van der Waals surface area contributed by atoms with Crippen LogP contribution in [-0.4, -0.2) is 50.4 Å². The Bertz CT molecular complexity index is 508. The van der Waals surface area contributed by atoms with E-state index in [9.17, 15) is 18.0 Å². The predicted octanol–water partition coefficient (Wildman–Crippen LogP) is 3.13. The van der Waals surface area contributed by atoms with Gasteiger partial charge in [0.25, 0.3) is 0 Å². The van der Waals surface area contributed by atoms with Crippen molar-refractivity contribution in [2.75, 3.05) is 33.4 Å². The molecule has 1 aromatic carbocycles. The van der Waals surface area contributed by atoms with Crippen molar-refractivity contribution in [2.24, 2.45) is 5.92 Å². The van der Waals surface area contributed by atoms with E-state index < -0.39 is 18.1 Å². The first kappa shape index (κ1) is 17.6. The zero-order valence-electron chi connectivity index (χ0n) is 12.9. The summed E-state index contributed by atoms with van der Waals surface area (Å²) >= 11 is 0. The third kappa shape index (κ3) is 5.13. The lowest BCUT2D eigenvalue weighted by Gasteiger charge is -2.32. The van der Waals surface area contributed by atoms with Gasteiger partial charge in [0.05, 0.1) is 18.6 Å². The van der Waals surface area contributed by atoms with Crippen molar-refractivity contribution in [3.8, 4) is 5.75 Å². The van der Waals surface area contributed by atoms with Crippen LogP contribution in [0.25, 0.3) is 0 Å². The van der Waals surface area contributed by atoms with Gasteiger partial charge in [-0.15, -0.1) is 0 Å². The number of carbonyl (C=O) groups is 1. The van der Waals surface area contributed by atoms with Gasteiger partial charge in [-0.3, -0.25) is 4.90 Å². The van der Waals surface area contributed by atoms with Crippen LogP contribution in [0.4, 0.5) is 13.2 Å². The second-order valence-corrected chi connectivity index (χ2v) is 5.52. The zero-order chi connectivity index (χ0) is 16.9. The van der Waals surface area contributed by atoms with Crippen LogP contribution >= 0.6 is 0 Å². The Morgan fingerprint density at radius 2 is 1.83 bits per heavy atom. The first-order valence-corrected chi connectivity index (χ1v) is 7.50. The van der Waals surface area contributed by atoms with Crippen molar-refractivity contribution in [1.82, 2.24) is 4.90 Å². The van der Waals surface area contributed by atoms with Crippen LogP contribution in [0.3, 0.4) is 0 Å². The molecule has 1 saturated heterocycles. The minimum Gasteiger partial charge on any atom is -0.492 e. The maximum absolute atomic E-state index is 12.6. The van der Waals surface area contributed by atoms with Gasteiger partial charge in [0, 0.05) is 6.54 Å². The molecule has 7 heteroatoms. The molecule has 23 heavy (non-hydrogen) atoms. The maximum Gasteiger partial charge on any atom is 0.391 e. The Morgan fingerprint density at radius 1 is 1.22 bits per heavy atom. The molecule has 128 valence electrons. The quantitative estimate of drug-likeness (QED) is 0.777. The number of ether oxygens (including phenoxy) is 2. The van der Waals surface area contributed by atoms with E-state index in [-0.39, 0.29) is 12.8 Å². The fourth-order valence-corrected chi connectivity index (χ4v) is 2.58. The number of piperidine rings is 1. The molecule has 0 aromatic heterocycles. The number of carbonyl (C=O) groups excluding carboxylic acids is 1. The zero-order valence-corrected chi connectivity index (χ0v) is 12.9. The van der Waals surface area contributed by atoms with Crippen LogP contribution in [0.1, 0.15) is 23.2 Å². The van der Waals surface area contributed by atoms with Crippen LogP contribution in [0, 0.1) is 5.92 Å². The molecule has 0 unspecified atom stereocenters. The lowest BCUT2D eigenvalue weighted by atomic mass is 9.96. The molecule has 0 amide bonds. The van der Waals surface area contributed by atoms with Crippen molar-refractivity contribution in [3.63, 3.8) is 0 Å². The van der Waals surface area contributed by atoms with E-state index in [4.69, 9.17) is 4.74 Å². The smallest absolute Gasteiger partial charge is 0.391 e. The van der Waals surface area contributed by atoms with Gasteiger partial charge in [0.2, 0.25) is 0 Å². The summed E-state index contributed by atoms with van der Waals surface area (Å²) in [6, 6.07) is 6.55. The monoisotopic (exact) mass is 331 g/mol. The number of alkyl halides is 3. The fraction of sp³-hybridized carbons (Fsp3) is 0.562. The van der Waals surface area contributed by atoms with E-state index in [2.05, 4.69) is 4.74 Å². The highest BCUT2D eigenvalue weighted by Crippen LogP contribution is 2.33. The van der Waals surface area contributed by atoms with E-state index in [0.717, 1.165) is 0 Å². The number of hydrogen-bond donors (Lipinski definition) is 0. The Hall–Kier alpha value is -1.76. The summed E-state index contributed by atoms with van der Waals surface area (Å²) in [6.07, 6.45) is -3.78. The fourth-order valence-electron chi connectivity index (χ4n) is 2.58. The number of esters is 1. The van der Waals surface area contributed by atoms with Gasteiger partial charge < -0.3 is 9.47 Å². The normalized spacial score (nSPS) is 17.0. The summed E-state index contributed by atoms with van der Waals surface area (Å²) in [6.45, 7) is 1.86. The molecule has 0 spiro atoms. The lowest BCUT2D eigenvalue weighted by molar-refractivity contribution is -0.185. The Balaban J connectivity index is 1.71. The number of benzene rings is 1. The van der Waals surface area contributed by atoms with Gasteiger partial charge >= 0.3 is 12.1 Å². The molecule has 4 nitrogen and oxygen atoms in total. The third-order valence-corrected chi connectivity index (χ3v) is 4.00. The molecular formula is C16H20F3NO3. The largest absolute Gasteiger partial charge is 0.492 e. The highest BCUT2D eigenvalue weighted by atomic mass is 19.4. The van der Waals surface area contributed by atoms with Crippen LogP contribution in [0.2, 0.25) is 0 Å². The summed E-state index contributed by atoms with van der Waals surface area (Å²) in [5.41, 5.74) is 0.439. The molecule has 1 aromatic rings. The number of methoxy groups -OCH3 is 1. The number of nitrogens with zero attached hydrogens (tertiary/aromatic N) is 1. The number of rotatable bonds is 5. The summed E-state index contributed by atoms with van der Waals surface area (Å²) in [7, 11) is 1.31. The van der Waals surface area contributed by atoms with Crippen LogP contribution in [0.5, 0.6) is 5.75 Å². The molecule has 0 radical (unpaired) electrons. The first-order chi connectivity index (χ1) is 10.9. The lowest BCUT2D eigenvalue weighted by Crippen LogP contribution is -2.40.